The standard InChI is InChI=1S/C13H22O2.C2H4/c14-13(15)12-8-6-11(7-9-12)10-4-2-1-3-5-10;1-2/h10-12H,1-9H2,(H,14,15);1-2H2. The van der Waals surface area contributed by atoms with E-state index in [2.05, 4.69) is 13.2 Å². The zero-order chi connectivity index (χ0) is 12.7. The minimum absolute atomic E-state index is 0.0372. The van der Waals surface area contributed by atoms with Crippen LogP contribution in [0.4, 0.5) is 0 Å². The number of aliphatic carboxylic acids is 1. The van der Waals surface area contributed by atoms with Crippen LogP contribution in [0.15, 0.2) is 13.2 Å². The lowest BCUT2D eigenvalue weighted by Crippen LogP contribution is -2.26. The van der Waals surface area contributed by atoms with E-state index in [9.17, 15) is 4.79 Å². The molecule has 0 aliphatic heterocycles. The van der Waals surface area contributed by atoms with Gasteiger partial charge in [-0.2, -0.15) is 0 Å². The van der Waals surface area contributed by atoms with Crippen molar-refractivity contribution in [1.82, 2.24) is 0 Å². The molecule has 0 saturated heterocycles. The molecular formula is C15H26O2. The maximum atomic E-state index is 10.8. The Labute approximate surface area is 105 Å². The smallest absolute Gasteiger partial charge is 0.306 e. The SMILES string of the molecule is C=C.O=C(O)C1CCC(C2CCCCC2)CC1. The Bertz CT molecular complexity index is 223. The fourth-order valence-electron chi connectivity index (χ4n) is 3.44. The molecule has 98 valence electrons. The van der Waals surface area contributed by atoms with Gasteiger partial charge in [-0.15, -0.1) is 13.2 Å². The molecule has 2 fully saturated rings. The Kier molecular flexibility index (Phi) is 6.31. The van der Waals surface area contributed by atoms with E-state index in [0.717, 1.165) is 24.7 Å². The highest BCUT2D eigenvalue weighted by Crippen LogP contribution is 2.39. The van der Waals surface area contributed by atoms with Gasteiger partial charge in [0, 0.05) is 0 Å². The van der Waals surface area contributed by atoms with Gasteiger partial charge in [0.2, 0.25) is 0 Å². The van der Waals surface area contributed by atoms with Crippen LogP contribution in [0.2, 0.25) is 0 Å². The summed E-state index contributed by atoms with van der Waals surface area (Å²) in [5.74, 6) is 1.16. The number of carbonyl (C=O) groups is 1. The minimum Gasteiger partial charge on any atom is -0.481 e. The molecule has 0 bridgehead atoms. The summed E-state index contributed by atoms with van der Waals surface area (Å²) < 4.78 is 0. The lowest BCUT2D eigenvalue weighted by molar-refractivity contribution is -0.143. The highest BCUT2D eigenvalue weighted by molar-refractivity contribution is 5.69. The Morgan fingerprint density at radius 3 is 1.76 bits per heavy atom. The Hall–Kier alpha value is -0.790. The number of carboxylic acid groups (broad SMARTS) is 1. The third kappa shape index (κ3) is 4.18. The van der Waals surface area contributed by atoms with E-state index in [-0.39, 0.29) is 5.92 Å². The van der Waals surface area contributed by atoms with E-state index in [1.54, 1.807) is 0 Å². The van der Waals surface area contributed by atoms with Crippen molar-refractivity contribution in [1.29, 1.82) is 0 Å². The number of carboxylic acids is 1. The van der Waals surface area contributed by atoms with Gasteiger partial charge in [-0.1, -0.05) is 32.1 Å². The zero-order valence-corrected chi connectivity index (χ0v) is 10.9. The molecule has 0 heterocycles. The van der Waals surface area contributed by atoms with Gasteiger partial charge >= 0.3 is 5.97 Å². The monoisotopic (exact) mass is 238 g/mol. The maximum Gasteiger partial charge on any atom is 0.306 e. The summed E-state index contributed by atoms with van der Waals surface area (Å²) in [5, 5.41) is 8.93. The van der Waals surface area contributed by atoms with Crippen molar-refractivity contribution in [3.05, 3.63) is 13.2 Å². The van der Waals surface area contributed by atoms with Crippen LogP contribution in [0, 0.1) is 17.8 Å². The van der Waals surface area contributed by atoms with Crippen LogP contribution in [-0.4, -0.2) is 11.1 Å². The van der Waals surface area contributed by atoms with Crippen LogP contribution in [0.1, 0.15) is 57.8 Å². The van der Waals surface area contributed by atoms with Crippen molar-refractivity contribution in [2.24, 2.45) is 17.8 Å². The summed E-state index contributed by atoms with van der Waals surface area (Å²) in [6.07, 6.45) is 11.2. The van der Waals surface area contributed by atoms with E-state index < -0.39 is 5.97 Å². The van der Waals surface area contributed by atoms with Crippen molar-refractivity contribution in [2.75, 3.05) is 0 Å². The molecule has 1 N–H and O–H groups in total. The molecule has 0 radical (unpaired) electrons. The second-order valence-corrected chi connectivity index (χ2v) is 5.35. The molecule has 2 rings (SSSR count). The van der Waals surface area contributed by atoms with Crippen LogP contribution >= 0.6 is 0 Å². The van der Waals surface area contributed by atoms with Crippen LogP contribution in [0.5, 0.6) is 0 Å². The van der Waals surface area contributed by atoms with Gasteiger partial charge in [-0.05, 0) is 37.5 Å². The summed E-state index contributed by atoms with van der Waals surface area (Å²) in [5.41, 5.74) is 0. The normalized spacial score (nSPS) is 30.1. The minimum atomic E-state index is -0.572. The first-order chi connectivity index (χ1) is 8.27. The van der Waals surface area contributed by atoms with E-state index >= 15 is 0 Å². The predicted octanol–water partition coefficient (Wildman–Crippen LogP) is 4.26. The molecule has 0 unspecified atom stereocenters. The molecule has 0 aromatic rings. The summed E-state index contributed by atoms with van der Waals surface area (Å²) in [4.78, 5) is 10.8. The van der Waals surface area contributed by atoms with E-state index in [0.29, 0.717) is 0 Å². The average Bonchev–Trinajstić information content (AvgIpc) is 2.42. The van der Waals surface area contributed by atoms with Crippen molar-refractivity contribution in [3.63, 3.8) is 0 Å². The highest BCUT2D eigenvalue weighted by atomic mass is 16.4. The molecule has 2 aliphatic rings. The van der Waals surface area contributed by atoms with Gasteiger partial charge in [0.25, 0.3) is 0 Å². The molecule has 0 aromatic heterocycles. The van der Waals surface area contributed by atoms with Gasteiger partial charge in [0.1, 0.15) is 0 Å². The Morgan fingerprint density at radius 2 is 1.29 bits per heavy atom. The van der Waals surface area contributed by atoms with Crippen LogP contribution < -0.4 is 0 Å². The van der Waals surface area contributed by atoms with Crippen molar-refractivity contribution in [2.45, 2.75) is 57.8 Å². The number of hydrogen-bond donors (Lipinski definition) is 1. The van der Waals surface area contributed by atoms with Crippen molar-refractivity contribution in [3.8, 4) is 0 Å². The number of rotatable bonds is 2. The van der Waals surface area contributed by atoms with Crippen LogP contribution in [-0.2, 0) is 4.79 Å². The van der Waals surface area contributed by atoms with Crippen molar-refractivity contribution < 1.29 is 9.90 Å². The first kappa shape index (κ1) is 14.3. The summed E-state index contributed by atoms with van der Waals surface area (Å²) >= 11 is 0. The van der Waals surface area contributed by atoms with E-state index in [1.165, 1.54) is 44.9 Å². The lowest BCUT2D eigenvalue weighted by atomic mass is 9.71. The van der Waals surface area contributed by atoms with Crippen molar-refractivity contribution >= 4 is 5.97 Å². The topological polar surface area (TPSA) is 37.3 Å². The Morgan fingerprint density at radius 1 is 0.824 bits per heavy atom. The summed E-state index contributed by atoms with van der Waals surface area (Å²) in [6, 6.07) is 0. The first-order valence-corrected chi connectivity index (χ1v) is 7.00. The van der Waals surface area contributed by atoms with E-state index in [4.69, 9.17) is 5.11 Å². The third-order valence-electron chi connectivity index (χ3n) is 4.44. The molecule has 0 spiro atoms. The Balaban J connectivity index is 0.000000686. The average molecular weight is 238 g/mol. The summed E-state index contributed by atoms with van der Waals surface area (Å²) in [6.45, 7) is 6.00. The molecule has 0 amide bonds. The second-order valence-electron chi connectivity index (χ2n) is 5.35. The molecule has 0 atom stereocenters. The second kappa shape index (κ2) is 7.52. The highest BCUT2D eigenvalue weighted by Gasteiger charge is 2.30. The maximum absolute atomic E-state index is 10.8. The van der Waals surface area contributed by atoms with Crippen LogP contribution in [0.3, 0.4) is 0 Å². The zero-order valence-electron chi connectivity index (χ0n) is 10.9. The fraction of sp³-hybridized carbons (Fsp3) is 0.800. The molecule has 2 heteroatoms. The molecule has 2 saturated carbocycles. The molecule has 17 heavy (non-hydrogen) atoms. The van der Waals surface area contributed by atoms with Gasteiger partial charge in [0.15, 0.2) is 0 Å². The quantitative estimate of drug-likeness (QED) is 0.730. The van der Waals surface area contributed by atoms with Gasteiger partial charge in [-0.25, -0.2) is 0 Å². The van der Waals surface area contributed by atoms with Gasteiger partial charge < -0.3 is 5.11 Å². The van der Waals surface area contributed by atoms with Gasteiger partial charge in [0.05, 0.1) is 5.92 Å². The largest absolute Gasteiger partial charge is 0.481 e. The molecular weight excluding hydrogens is 212 g/mol. The predicted molar refractivity (Wildman–Crippen MR) is 70.9 cm³/mol. The van der Waals surface area contributed by atoms with Crippen LogP contribution in [0.25, 0.3) is 0 Å². The number of hydrogen-bond acceptors (Lipinski definition) is 1. The summed E-state index contributed by atoms with van der Waals surface area (Å²) in [7, 11) is 0. The fourth-order valence-corrected chi connectivity index (χ4v) is 3.44. The first-order valence-electron chi connectivity index (χ1n) is 7.00. The molecule has 0 aromatic carbocycles. The van der Waals surface area contributed by atoms with Gasteiger partial charge in [-0.3, -0.25) is 4.79 Å². The van der Waals surface area contributed by atoms with E-state index in [1.807, 2.05) is 0 Å². The lowest BCUT2D eigenvalue weighted by Gasteiger charge is -2.34. The third-order valence-corrected chi connectivity index (χ3v) is 4.44. The molecule has 2 nitrogen and oxygen atoms in total. The molecule has 2 aliphatic carbocycles.